The van der Waals surface area contributed by atoms with Gasteiger partial charge in [-0.3, -0.25) is 0 Å². The standard InChI is InChI=1S/C34H54O21/c1-11(2)13-5-4-12(3)14(6-13)50-32-28(46)24(42)22(40)18(53-32)10-49-34-30(26(44)20(38)16(8-36)52-34)55-33-29(47)25(43)21(39)17(54-33)9-48-31-27(45)23(41)19(37)15(7-35)51-31/h4-6,11,15-47H,7-10H2,1-3H3/t15-,16-,17-,18-,19-,20-,21-,22-,23+,24+,25+,26+,27+,28-,29-,30+,31-,32-,33+,34-/m1/s1. The second-order valence-electron chi connectivity index (χ2n) is 14.5. The van der Waals surface area contributed by atoms with Crippen molar-refractivity contribution in [1.29, 1.82) is 0 Å². The van der Waals surface area contributed by atoms with Gasteiger partial charge in [0.15, 0.2) is 18.9 Å². The maximum atomic E-state index is 11.1. The lowest BCUT2D eigenvalue weighted by atomic mass is 9.97. The minimum atomic E-state index is -2.00. The van der Waals surface area contributed by atoms with Crippen LogP contribution in [0.15, 0.2) is 18.2 Å². The van der Waals surface area contributed by atoms with E-state index in [-0.39, 0.29) is 5.92 Å². The van der Waals surface area contributed by atoms with Gasteiger partial charge in [0, 0.05) is 0 Å². The highest BCUT2D eigenvalue weighted by atomic mass is 16.8. The Bertz CT molecular complexity index is 1360. The van der Waals surface area contributed by atoms with Crippen LogP contribution < -0.4 is 4.74 Å². The molecule has 0 spiro atoms. The van der Waals surface area contributed by atoms with E-state index in [1.54, 1.807) is 13.0 Å². The Kier molecular flexibility index (Phi) is 15.2. The average Bonchev–Trinajstić information content (AvgIpc) is 3.16. The Labute approximate surface area is 315 Å². The molecule has 0 bridgehead atoms. The zero-order valence-corrected chi connectivity index (χ0v) is 30.3. The van der Waals surface area contributed by atoms with E-state index in [1.807, 2.05) is 26.0 Å². The third kappa shape index (κ3) is 9.58. The number of rotatable bonds is 13. The molecule has 1 aromatic carbocycles. The molecule has 21 heteroatoms. The van der Waals surface area contributed by atoms with Crippen LogP contribution in [0, 0.1) is 6.92 Å². The zero-order valence-electron chi connectivity index (χ0n) is 30.3. The molecular weight excluding hydrogens is 744 g/mol. The SMILES string of the molecule is Cc1ccc(C(C)C)cc1O[C@@H]1O[C@H](CO[C@@H]2O[C@H](CO)[C@@H](O)[C@H](O)[C@@H]2O[C@@H]2O[C@H](CO[C@@H]3O[C@H](CO)[C@@H](O)[C@H](O)[C@@H]3O)[C@@H](O)[C@H](O)[C@H]2O)[C@@H](O)[C@H](O)[C@H]1O. The fourth-order valence-electron chi connectivity index (χ4n) is 6.62. The van der Waals surface area contributed by atoms with Gasteiger partial charge in [-0.15, -0.1) is 0 Å². The number of aryl methyl sites for hydroxylation is 1. The van der Waals surface area contributed by atoms with Crippen molar-refractivity contribution in [2.45, 2.75) is 150 Å². The van der Waals surface area contributed by atoms with Crippen molar-refractivity contribution < 1.29 is 104 Å². The lowest BCUT2D eigenvalue weighted by Crippen LogP contribution is -2.65. The molecule has 20 atom stereocenters. The van der Waals surface area contributed by atoms with Gasteiger partial charge in [-0.05, 0) is 30.0 Å². The Morgan fingerprint density at radius 3 is 1.51 bits per heavy atom. The van der Waals surface area contributed by atoms with E-state index in [0.717, 1.165) is 5.56 Å². The number of ether oxygens (including phenoxy) is 8. The molecule has 1 aromatic rings. The predicted molar refractivity (Wildman–Crippen MR) is 178 cm³/mol. The van der Waals surface area contributed by atoms with Crippen LogP contribution in [0.3, 0.4) is 0 Å². The zero-order chi connectivity index (χ0) is 40.5. The highest BCUT2D eigenvalue weighted by Crippen LogP contribution is 2.33. The van der Waals surface area contributed by atoms with Crippen LogP contribution >= 0.6 is 0 Å². The first-order chi connectivity index (χ1) is 26.0. The first-order valence-corrected chi connectivity index (χ1v) is 18.0. The van der Waals surface area contributed by atoms with Crippen LogP contribution in [0.25, 0.3) is 0 Å². The number of benzene rings is 1. The first-order valence-electron chi connectivity index (χ1n) is 18.0. The fourth-order valence-corrected chi connectivity index (χ4v) is 6.62. The summed E-state index contributed by atoms with van der Waals surface area (Å²) in [6, 6.07) is 5.47. The number of aliphatic hydroxyl groups is 13. The smallest absolute Gasteiger partial charge is 0.229 e. The Hall–Kier alpha value is -1.78. The Morgan fingerprint density at radius 2 is 0.964 bits per heavy atom. The summed E-state index contributed by atoms with van der Waals surface area (Å²) < 4.78 is 45.3. The van der Waals surface area contributed by atoms with Crippen LogP contribution in [0.4, 0.5) is 0 Å². The molecular formula is C34H54O21. The van der Waals surface area contributed by atoms with E-state index < -0.39 is 149 Å². The van der Waals surface area contributed by atoms with Gasteiger partial charge in [-0.2, -0.15) is 0 Å². The molecule has 0 saturated carbocycles. The Morgan fingerprint density at radius 1 is 0.527 bits per heavy atom. The first kappa shape index (κ1) is 44.3. The summed E-state index contributed by atoms with van der Waals surface area (Å²) in [7, 11) is 0. The van der Waals surface area contributed by atoms with Crippen LogP contribution in [-0.2, 0) is 33.2 Å². The van der Waals surface area contributed by atoms with Crippen molar-refractivity contribution in [2.24, 2.45) is 0 Å². The van der Waals surface area contributed by atoms with Crippen LogP contribution in [0.1, 0.15) is 30.9 Å². The quantitative estimate of drug-likeness (QED) is 0.0883. The molecule has 4 aliphatic rings. The molecule has 13 N–H and O–H groups in total. The number of aliphatic hydroxyl groups excluding tert-OH is 13. The average molecular weight is 799 g/mol. The van der Waals surface area contributed by atoms with Crippen molar-refractivity contribution in [3.05, 3.63) is 29.3 Å². The van der Waals surface area contributed by atoms with Gasteiger partial charge in [0.2, 0.25) is 6.29 Å². The van der Waals surface area contributed by atoms with E-state index in [9.17, 15) is 66.4 Å². The Balaban J connectivity index is 1.28. The van der Waals surface area contributed by atoms with Crippen molar-refractivity contribution in [1.82, 2.24) is 0 Å². The monoisotopic (exact) mass is 798 g/mol. The second-order valence-corrected chi connectivity index (χ2v) is 14.5. The minimum Gasteiger partial charge on any atom is -0.462 e. The molecule has 0 aliphatic carbocycles. The summed E-state index contributed by atoms with van der Waals surface area (Å²) in [6.45, 7) is 2.83. The van der Waals surface area contributed by atoms with Crippen molar-refractivity contribution in [3.63, 3.8) is 0 Å². The van der Waals surface area contributed by atoms with E-state index in [4.69, 9.17) is 37.9 Å². The molecule has 4 heterocycles. The molecule has 4 saturated heterocycles. The molecule has 4 aliphatic heterocycles. The summed E-state index contributed by atoms with van der Waals surface area (Å²) in [4.78, 5) is 0. The largest absolute Gasteiger partial charge is 0.462 e. The van der Waals surface area contributed by atoms with Crippen LogP contribution in [0.5, 0.6) is 5.75 Å². The third-order valence-electron chi connectivity index (χ3n) is 10.3. The minimum absolute atomic E-state index is 0.139. The molecule has 316 valence electrons. The van der Waals surface area contributed by atoms with Crippen molar-refractivity contribution in [2.75, 3.05) is 26.4 Å². The molecule has 0 unspecified atom stereocenters. The van der Waals surface area contributed by atoms with Crippen molar-refractivity contribution >= 4 is 0 Å². The van der Waals surface area contributed by atoms with Crippen molar-refractivity contribution in [3.8, 4) is 5.75 Å². The van der Waals surface area contributed by atoms with Gasteiger partial charge in [0.1, 0.15) is 103 Å². The molecule has 21 nitrogen and oxygen atoms in total. The summed E-state index contributed by atoms with van der Waals surface area (Å²) in [5.74, 6) is 0.487. The van der Waals surface area contributed by atoms with Gasteiger partial charge >= 0.3 is 0 Å². The molecule has 0 amide bonds. The maximum absolute atomic E-state index is 11.1. The van der Waals surface area contributed by atoms with Gasteiger partial charge in [-0.1, -0.05) is 26.0 Å². The third-order valence-corrected chi connectivity index (χ3v) is 10.3. The molecule has 55 heavy (non-hydrogen) atoms. The normalized spacial score (nSPS) is 45.5. The summed E-state index contributed by atoms with van der Waals surface area (Å²) in [6.07, 6.45) is -34.3. The van der Waals surface area contributed by atoms with Crippen LogP contribution in [0.2, 0.25) is 0 Å². The second kappa shape index (κ2) is 18.9. The lowest BCUT2D eigenvalue weighted by molar-refractivity contribution is -0.376. The maximum Gasteiger partial charge on any atom is 0.229 e. The number of hydrogen-bond acceptors (Lipinski definition) is 21. The lowest BCUT2D eigenvalue weighted by Gasteiger charge is -2.47. The summed E-state index contributed by atoms with van der Waals surface area (Å²) in [5.41, 5.74) is 1.62. The molecule has 0 aromatic heterocycles. The highest BCUT2D eigenvalue weighted by Gasteiger charge is 2.53. The van der Waals surface area contributed by atoms with Crippen LogP contribution in [-0.4, -0.2) is 216 Å². The summed E-state index contributed by atoms with van der Waals surface area (Å²) >= 11 is 0. The molecule has 0 radical (unpaired) electrons. The highest BCUT2D eigenvalue weighted by molar-refractivity contribution is 5.38. The van der Waals surface area contributed by atoms with Gasteiger partial charge in [-0.25, -0.2) is 0 Å². The van der Waals surface area contributed by atoms with E-state index >= 15 is 0 Å². The van der Waals surface area contributed by atoms with Gasteiger partial charge in [0.25, 0.3) is 0 Å². The number of hydrogen-bond donors (Lipinski definition) is 13. The van der Waals surface area contributed by atoms with Gasteiger partial charge < -0.3 is 104 Å². The fraction of sp³-hybridized carbons (Fsp3) is 0.824. The molecule has 5 rings (SSSR count). The summed E-state index contributed by atoms with van der Waals surface area (Å²) in [5, 5.41) is 136. The van der Waals surface area contributed by atoms with E-state index in [0.29, 0.717) is 11.3 Å². The van der Waals surface area contributed by atoms with E-state index in [2.05, 4.69) is 0 Å². The van der Waals surface area contributed by atoms with E-state index in [1.165, 1.54) is 0 Å². The predicted octanol–water partition coefficient (Wildman–Crippen LogP) is -6.23. The topological polar surface area (TPSA) is 337 Å². The molecule has 4 fully saturated rings. The van der Waals surface area contributed by atoms with Gasteiger partial charge in [0.05, 0.1) is 26.4 Å².